The van der Waals surface area contributed by atoms with Gasteiger partial charge in [0.05, 0.1) is 0 Å². The maximum Gasteiger partial charge on any atom is 0.220 e. The maximum atomic E-state index is 12.7. The van der Waals surface area contributed by atoms with Crippen molar-refractivity contribution in [1.29, 1.82) is 0 Å². The van der Waals surface area contributed by atoms with E-state index in [0.717, 1.165) is 51.9 Å². The highest BCUT2D eigenvalue weighted by Crippen LogP contribution is 2.18. The quantitative estimate of drug-likeness (QED) is 0.0507. The number of nitrogens with zero attached hydrogens (tertiary/aromatic N) is 1. The van der Waals surface area contributed by atoms with Crippen molar-refractivity contribution in [3.05, 3.63) is 0 Å². The number of carbonyl (C=O) groups excluding carboxylic acids is 1. The van der Waals surface area contributed by atoms with Crippen LogP contribution in [0.3, 0.4) is 0 Å². The summed E-state index contributed by atoms with van der Waals surface area (Å²) in [5.74, 6) is 0.934. The Bertz CT molecular complexity index is 630. The number of rotatable bonds is 42. The van der Waals surface area contributed by atoms with E-state index in [9.17, 15) is 4.79 Å². The van der Waals surface area contributed by atoms with Crippen LogP contribution in [0.15, 0.2) is 0 Å². The Labute approximate surface area is 314 Å². The predicted octanol–water partition coefficient (Wildman–Crippen LogP) is 13.6. The number of nitrogens with one attached hydrogen (secondary N) is 1. The Morgan fingerprint density at radius 3 is 1.38 bits per heavy atom. The van der Waals surface area contributed by atoms with Gasteiger partial charge < -0.3 is 19.7 Å². The summed E-state index contributed by atoms with van der Waals surface area (Å²) in [5.41, 5.74) is 0. The van der Waals surface area contributed by atoms with Crippen LogP contribution in [0.4, 0.5) is 0 Å². The molecule has 0 unspecified atom stereocenters. The lowest BCUT2D eigenvalue weighted by atomic mass is 9.94. The van der Waals surface area contributed by atoms with Crippen LogP contribution < -0.4 is 5.32 Å². The molecule has 0 aliphatic heterocycles. The fourth-order valence-electron chi connectivity index (χ4n) is 7.10. The second-order valence-corrected chi connectivity index (χ2v) is 15.6. The first-order valence-electron chi connectivity index (χ1n) is 22.8. The van der Waals surface area contributed by atoms with Crippen molar-refractivity contribution in [2.45, 2.75) is 240 Å². The second-order valence-electron chi connectivity index (χ2n) is 15.6. The summed E-state index contributed by atoms with van der Waals surface area (Å²) in [6.45, 7) is 17.5. The van der Waals surface area contributed by atoms with Crippen LogP contribution in [0.1, 0.15) is 234 Å². The molecule has 0 aromatic carbocycles. The number of unbranched alkanes of at least 4 members (excludes halogenated alkanes) is 20. The van der Waals surface area contributed by atoms with Gasteiger partial charge in [-0.05, 0) is 89.8 Å². The van der Waals surface area contributed by atoms with Crippen LogP contribution in [0.5, 0.6) is 0 Å². The van der Waals surface area contributed by atoms with E-state index in [2.05, 4.69) is 44.8 Å². The molecule has 0 spiro atoms. The highest BCUT2D eigenvalue weighted by molar-refractivity contribution is 5.75. The van der Waals surface area contributed by atoms with Crippen molar-refractivity contribution >= 4 is 5.91 Å². The molecule has 0 fully saturated rings. The van der Waals surface area contributed by atoms with Crippen LogP contribution in [0, 0.1) is 5.92 Å². The molecule has 0 bridgehead atoms. The van der Waals surface area contributed by atoms with Gasteiger partial charge in [-0.15, -0.1) is 0 Å². The Morgan fingerprint density at radius 2 is 0.880 bits per heavy atom. The lowest BCUT2D eigenvalue weighted by Gasteiger charge is -2.22. The number of hydrogen-bond acceptors (Lipinski definition) is 4. The van der Waals surface area contributed by atoms with Gasteiger partial charge in [0.25, 0.3) is 0 Å². The van der Waals surface area contributed by atoms with E-state index in [1.54, 1.807) is 0 Å². The van der Waals surface area contributed by atoms with Crippen molar-refractivity contribution in [2.24, 2.45) is 5.92 Å². The molecule has 1 N–H and O–H groups in total. The molecular weight excluding hydrogens is 617 g/mol. The molecule has 0 aromatic rings. The highest BCUT2D eigenvalue weighted by Gasteiger charge is 2.12. The molecule has 50 heavy (non-hydrogen) atoms. The van der Waals surface area contributed by atoms with Crippen LogP contribution >= 0.6 is 0 Å². The first-order chi connectivity index (χ1) is 24.6. The van der Waals surface area contributed by atoms with Gasteiger partial charge in [-0.25, -0.2) is 0 Å². The van der Waals surface area contributed by atoms with Gasteiger partial charge in [0.15, 0.2) is 6.29 Å². The van der Waals surface area contributed by atoms with E-state index in [1.807, 2.05) is 0 Å². The van der Waals surface area contributed by atoms with Crippen LogP contribution in [-0.4, -0.2) is 56.5 Å². The van der Waals surface area contributed by atoms with Gasteiger partial charge in [-0.2, -0.15) is 0 Å². The summed E-state index contributed by atoms with van der Waals surface area (Å²) in [6.07, 6.45) is 38.7. The summed E-state index contributed by atoms with van der Waals surface area (Å²) >= 11 is 0. The molecule has 0 radical (unpaired) electrons. The maximum absolute atomic E-state index is 12.7. The van der Waals surface area contributed by atoms with E-state index >= 15 is 0 Å². The third-order valence-corrected chi connectivity index (χ3v) is 10.5. The fraction of sp³-hybridized carbons (Fsp3) is 0.978. The Hall–Kier alpha value is -0.650. The number of amides is 1. The zero-order valence-electron chi connectivity index (χ0n) is 35.0. The first kappa shape index (κ1) is 49.4. The zero-order chi connectivity index (χ0) is 36.6. The van der Waals surface area contributed by atoms with Gasteiger partial charge >= 0.3 is 0 Å². The molecule has 5 nitrogen and oxygen atoms in total. The van der Waals surface area contributed by atoms with Crippen molar-refractivity contribution in [2.75, 3.05) is 39.4 Å². The van der Waals surface area contributed by atoms with Crippen LogP contribution in [0.2, 0.25) is 0 Å². The minimum atomic E-state index is -0.0206. The summed E-state index contributed by atoms with van der Waals surface area (Å²) in [4.78, 5) is 15.3. The molecule has 0 rings (SSSR count). The second kappa shape index (κ2) is 41.1. The van der Waals surface area contributed by atoms with Crippen LogP contribution in [0.25, 0.3) is 0 Å². The van der Waals surface area contributed by atoms with E-state index in [4.69, 9.17) is 9.47 Å². The lowest BCUT2D eigenvalue weighted by molar-refractivity contribution is -0.148. The van der Waals surface area contributed by atoms with Gasteiger partial charge in [0.2, 0.25) is 5.91 Å². The van der Waals surface area contributed by atoms with Gasteiger partial charge in [-0.3, -0.25) is 4.79 Å². The average Bonchev–Trinajstić information content (AvgIpc) is 3.12. The minimum absolute atomic E-state index is 0.0206. The number of ether oxygens (including phenoxy) is 2. The van der Waals surface area contributed by atoms with Crippen molar-refractivity contribution in [3.63, 3.8) is 0 Å². The number of carbonyl (C=O) groups is 1. The van der Waals surface area contributed by atoms with Crippen molar-refractivity contribution in [3.8, 4) is 0 Å². The third-order valence-electron chi connectivity index (χ3n) is 10.5. The molecule has 0 aliphatic rings. The van der Waals surface area contributed by atoms with Crippen molar-refractivity contribution < 1.29 is 14.3 Å². The monoisotopic (exact) mass is 709 g/mol. The molecule has 5 heteroatoms. The standard InChI is InChI=1S/C45H92N2O3/c1-6-11-15-19-21-31-40-49-45(50-41-32-22-20-16-12-7-2)36-28-24-30-39-47(37-10-5)38-29-23-27-35-44(48)46-42-43(33-25-17-13-8-3)34-26-18-14-9-4/h43,45H,6-42H2,1-5H3,(H,46,48). The summed E-state index contributed by atoms with van der Waals surface area (Å²) in [5, 5.41) is 3.31. The largest absolute Gasteiger partial charge is 0.356 e. The lowest BCUT2D eigenvalue weighted by Crippen LogP contribution is -2.29. The van der Waals surface area contributed by atoms with E-state index in [0.29, 0.717) is 12.3 Å². The summed E-state index contributed by atoms with van der Waals surface area (Å²) < 4.78 is 12.5. The molecule has 0 saturated heterocycles. The SMILES string of the molecule is CCCCCCCCOC(CCCCCN(CCC)CCCCCC(=O)NCC(CCCCCC)CCCCCC)OCCCCCCCC. The third kappa shape index (κ3) is 35.7. The van der Waals surface area contributed by atoms with E-state index < -0.39 is 0 Å². The smallest absolute Gasteiger partial charge is 0.220 e. The summed E-state index contributed by atoms with van der Waals surface area (Å²) in [6, 6.07) is 0. The Balaban J connectivity index is 4.29. The molecule has 0 saturated carbocycles. The molecule has 300 valence electrons. The van der Waals surface area contributed by atoms with E-state index in [-0.39, 0.29) is 12.2 Å². The topological polar surface area (TPSA) is 50.8 Å². The number of hydrogen-bond donors (Lipinski definition) is 1. The first-order valence-corrected chi connectivity index (χ1v) is 22.8. The van der Waals surface area contributed by atoms with Gasteiger partial charge in [-0.1, -0.05) is 163 Å². The average molecular weight is 709 g/mol. The Kier molecular flexibility index (Phi) is 40.6. The summed E-state index contributed by atoms with van der Waals surface area (Å²) in [7, 11) is 0. The molecule has 0 heterocycles. The minimum Gasteiger partial charge on any atom is -0.356 e. The van der Waals surface area contributed by atoms with Gasteiger partial charge in [0.1, 0.15) is 0 Å². The predicted molar refractivity (Wildman–Crippen MR) is 220 cm³/mol. The fourth-order valence-corrected chi connectivity index (χ4v) is 7.10. The molecular formula is C45H92N2O3. The molecule has 0 aliphatic carbocycles. The Morgan fingerprint density at radius 1 is 0.460 bits per heavy atom. The van der Waals surface area contributed by atoms with Gasteiger partial charge in [0, 0.05) is 26.2 Å². The van der Waals surface area contributed by atoms with Crippen LogP contribution in [-0.2, 0) is 14.3 Å². The molecule has 1 amide bonds. The normalized spacial score (nSPS) is 11.8. The zero-order valence-corrected chi connectivity index (χ0v) is 35.0. The van der Waals surface area contributed by atoms with E-state index in [1.165, 1.54) is 180 Å². The molecule has 0 aromatic heterocycles. The van der Waals surface area contributed by atoms with Crippen molar-refractivity contribution in [1.82, 2.24) is 10.2 Å². The highest BCUT2D eigenvalue weighted by atomic mass is 16.7. The molecule has 0 atom stereocenters.